The van der Waals surface area contributed by atoms with Gasteiger partial charge in [0.05, 0.1) is 20.5 Å². The van der Waals surface area contributed by atoms with E-state index in [9.17, 15) is 4.79 Å². The maximum Gasteiger partial charge on any atom is 0.233 e. The van der Waals surface area contributed by atoms with Crippen molar-refractivity contribution in [3.63, 3.8) is 0 Å². The largest absolute Gasteiger partial charge is 0.355 e. The topological polar surface area (TPSA) is 42.0 Å². The number of halogens is 1. The van der Waals surface area contributed by atoms with Crippen LogP contribution in [0.5, 0.6) is 0 Å². The Bertz CT molecular complexity index is 815. The van der Waals surface area contributed by atoms with Gasteiger partial charge in [0.25, 0.3) is 0 Å². The number of hydrogen-bond donors (Lipinski definition) is 1. The molecule has 0 aliphatic rings. The Kier molecular flexibility index (Phi) is 6.34. The average molecular weight is 391 g/mol. The molecule has 25 heavy (non-hydrogen) atoms. The zero-order valence-corrected chi connectivity index (χ0v) is 16.3. The summed E-state index contributed by atoms with van der Waals surface area (Å²) >= 11 is 9.14. The van der Waals surface area contributed by atoms with Gasteiger partial charge in [0.15, 0.2) is 0 Å². The molecule has 1 N–H and O–H groups in total. The van der Waals surface area contributed by atoms with Gasteiger partial charge in [-0.3, -0.25) is 4.79 Å². The van der Waals surface area contributed by atoms with Gasteiger partial charge in [-0.05, 0) is 49.7 Å². The first-order chi connectivity index (χ1) is 12.1. The Labute approximate surface area is 160 Å². The van der Waals surface area contributed by atoms with Crippen molar-refractivity contribution in [1.82, 2.24) is 10.3 Å². The predicted molar refractivity (Wildman–Crippen MR) is 108 cm³/mol. The molecule has 1 atom stereocenters. The first-order valence-electron chi connectivity index (χ1n) is 8.16. The van der Waals surface area contributed by atoms with E-state index in [-0.39, 0.29) is 11.2 Å². The highest BCUT2D eigenvalue weighted by molar-refractivity contribution is 8.00. The maximum atomic E-state index is 12.2. The number of thioether (sulfide) groups is 1. The second kappa shape index (κ2) is 8.70. The lowest BCUT2D eigenvalue weighted by Crippen LogP contribution is -2.31. The Balaban J connectivity index is 1.41. The summed E-state index contributed by atoms with van der Waals surface area (Å²) in [5.41, 5.74) is 1.06. The highest BCUT2D eigenvalue weighted by Gasteiger charge is 2.13. The number of carbonyl (C=O) groups is 1. The zero-order valence-electron chi connectivity index (χ0n) is 13.9. The van der Waals surface area contributed by atoms with Crippen LogP contribution in [0, 0.1) is 0 Å². The molecule has 1 heterocycles. The van der Waals surface area contributed by atoms with Crippen LogP contribution in [0.4, 0.5) is 0 Å². The van der Waals surface area contributed by atoms with Crippen LogP contribution >= 0.6 is 34.7 Å². The van der Waals surface area contributed by atoms with Gasteiger partial charge in [-0.2, -0.15) is 0 Å². The molecule has 0 spiro atoms. The summed E-state index contributed by atoms with van der Waals surface area (Å²) in [4.78, 5) is 17.9. The lowest BCUT2D eigenvalue weighted by molar-refractivity contribution is -0.120. The molecule has 0 aliphatic heterocycles. The van der Waals surface area contributed by atoms with Crippen molar-refractivity contribution in [1.29, 1.82) is 0 Å². The first-order valence-corrected chi connectivity index (χ1v) is 10.2. The third-order valence-corrected chi connectivity index (χ3v) is 6.16. The minimum Gasteiger partial charge on any atom is -0.355 e. The number of para-hydroxylation sites is 1. The van der Waals surface area contributed by atoms with E-state index in [0.29, 0.717) is 11.6 Å². The molecule has 1 amide bonds. The van der Waals surface area contributed by atoms with Crippen molar-refractivity contribution in [3.05, 3.63) is 58.6 Å². The van der Waals surface area contributed by atoms with E-state index in [1.54, 1.807) is 11.3 Å². The fourth-order valence-corrected chi connectivity index (χ4v) is 4.42. The number of nitrogens with zero attached hydrogens (tertiary/aromatic N) is 1. The molecular weight excluding hydrogens is 372 g/mol. The van der Waals surface area contributed by atoms with E-state index in [1.807, 2.05) is 49.4 Å². The number of nitrogens with one attached hydrogen (secondary N) is 1. The SMILES string of the molecule is CC(Sc1ccc(Cl)cc1)C(=O)NCCCc1nc2ccccc2s1. The molecule has 1 aromatic heterocycles. The second-order valence-electron chi connectivity index (χ2n) is 5.68. The normalized spacial score (nSPS) is 12.2. The lowest BCUT2D eigenvalue weighted by atomic mass is 10.3. The minimum atomic E-state index is -0.136. The molecule has 2 aromatic carbocycles. The molecule has 0 bridgehead atoms. The monoisotopic (exact) mass is 390 g/mol. The number of thiazole rings is 1. The Morgan fingerprint density at radius 3 is 2.76 bits per heavy atom. The van der Waals surface area contributed by atoms with Crippen molar-refractivity contribution in [2.75, 3.05) is 6.54 Å². The zero-order chi connectivity index (χ0) is 17.6. The second-order valence-corrected chi connectivity index (χ2v) is 8.65. The summed E-state index contributed by atoms with van der Waals surface area (Å²) in [6, 6.07) is 15.7. The van der Waals surface area contributed by atoms with Crippen LogP contribution in [-0.4, -0.2) is 22.7 Å². The van der Waals surface area contributed by atoms with E-state index in [2.05, 4.69) is 16.4 Å². The van der Waals surface area contributed by atoms with Gasteiger partial charge in [0.1, 0.15) is 0 Å². The summed E-state index contributed by atoms with van der Waals surface area (Å²) < 4.78 is 1.22. The van der Waals surface area contributed by atoms with Crippen LogP contribution in [0.2, 0.25) is 5.02 Å². The lowest BCUT2D eigenvalue weighted by Gasteiger charge is -2.11. The fourth-order valence-electron chi connectivity index (χ4n) is 2.39. The van der Waals surface area contributed by atoms with Gasteiger partial charge in [0, 0.05) is 22.9 Å². The van der Waals surface area contributed by atoms with Crippen molar-refractivity contribution < 1.29 is 4.79 Å². The highest BCUT2D eigenvalue weighted by Crippen LogP contribution is 2.25. The molecule has 0 aliphatic carbocycles. The van der Waals surface area contributed by atoms with E-state index in [0.717, 1.165) is 28.3 Å². The third kappa shape index (κ3) is 5.21. The molecular formula is C19H19ClN2OS2. The van der Waals surface area contributed by atoms with Gasteiger partial charge in [-0.25, -0.2) is 4.98 Å². The van der Waals surface area contributed by atoms with Crippen molar-refractivity contribution in [3.8, 4) is 0 Å². The van der Waals surface area contributed by atoms with Gasteiger partial charge in [-0.1, -0.05) is 23.7 Å². The number of aromatic nitrogens is 1. The third-order valence-electron chi connectivity index (χ3n) is 3.70. The van der Waals surface area contributed by atoms with Crippen molar-refractivity contribution in [2.45, 2.75) is 29.9 Å². The van der Waals surface area contributed by atoms with E-state index >= 15 is 0 Å². The number of hydrogen-bond acceptors (Lipinski definition) is 4. The van der Waals surface area contributed by atoms with Crippen LogP contribution in [0.15, 0.2) is 53.4 Å². The van der Waals surface area contributed by atoms with Gasteiger partial charge in [-0.15, -0.1) is 23.1 Å². The number of benzene rings is 2. The minimum absolute atomic E-state index is 0.0595. The van der Waals surface area contributed by atoms with Gasteiger partial charge >= 0.3 is 0 Å². The quantitative estimate of drug-likeness (QED) is 0.446. The predicted octanol–water partition coefficient (Wildman–Crippen LogP) is 5.18. The van der Waals surface area contributed by atoms with Crippen LogP contribution < -0.4 is 5.32 Å². The van der Waals surface area contributed by atoms with Gasteiger partial charge < -0.3 is 5.32 Å². The number of rotatable bonds is 7. The molecule has 3 aromatic rings. The van der Waals surface area contributed by atoms with Gasteiger partial charge in [0.2, 0.25) is 5.91 Å². The number of carbonyl (C=O) groups excluding carboxylic acids is 1. The van der Waals surface area contributed by atoms with Crippen molar-refractivity contribution in [2.24, 2.45) is 0 Å². The summed E-state index contributed by atoms with van der Waals surface area (Å²) in [5.74, 6) is 0.0595. The first kappa shape index (κ1) is 18.2. The van der Waals surface area contributed by atoms with Crippen LogP contribution in [0.25, 0.3) is 10.2 Å². The van der Waals surface area contributed by atoms with E-state index < -0.39 is 0 Å². The Morgan fingerprint density at radius 1 is 1.24 bits per heavy atom. The summed E-state index contributed by atoms with van der Waals surface area (Å²) in [7, 11) is 0. The fraction of sp³-hybridized carbons (Fsp3) is 0.263. The molecule has 3 nitrogen and oxygen atoms in total. The number of amides is 1. The van der Waals surface area contributed by atoms with Crippen molar-refractivity contribution >= 4 is 50.8 Å². The number of fused-ring (bicyclic) bond motifs is 1. The molecule has 0 saturated carbocycles. The standard InChI is InChI=1S/C19H19ClN2OS2/c1-13(24-15-10-8-14(20)9-11-15)19(23)21-12-4-7-18-22-16-5-2-3-6-17(16)25-18/h2-3,5-6,8-11,13H,4,7,12H2,1H3,(H,21,23). The molecule has 0 fully saturated rings. The molecule has 0 saturated heterocycles. The Morgan fingerprint density at radius 2 is 2.00 bits per heavy atom. The number of aryl methyl sites for hydroxylation is 1. The smallest absolute Gasteiger partial charge is 0.233 e. The molecule has 0 radical (unpaired) electrons. The molecule has 130 valence electrons. The molecule has 1 unspecified atom stereocenters. The highest BCUT2D eigenvalue weighted by atomic mass is 35.5. The summed E-state index contributed by atoms with van der Waals surface area (Å²) in [5, 5.41) is 4.70. The van der Waals surface area contributed by atoms with E-state index in [4.69, 9.17) is 11.6 Å². The average Bonchev–Trinajstić information content (AvgIpc) is 3.03. The molecule has 3 rings (SSSR count). The summed E-state index contributed by atoms with van der Waals surface area (Å²) in [6.45, 7) is 2.59. The molecule has 6 heteroatoms. The summed E-state index contributed by atoms with van der Waals surface area (Å²) in [6.07, 6.45) is 1.78. The van der Waals surface area contributed by atoms with Crippen LogP contribution in [-0.2, 0) is 11.2 Å². The van der Waals surface area contributed by atoms with E-state index in [1.165, 1.54) is 16.5 Å². The maximum absolute atomic E-state index is 12.2. The Hall–Kier alpha value is -1.56. The van der Waals surface area contributed by atoms with Crippen LogP contribution in [0.3, 0.4) is 0 Å². The van der Waals surface area contributed by atoms with Crippen LogP contribution in [0.1, 0.15) is 18.4 Å².